The molecule has 188 valence electrons. The molecule has 1 aliphatic heterocycles. The van der Waals surface area contributed by atoms with Crippen LogP contribution in [0.4, 0.5) is 0 Å². The van der Waals surface area contributed by atoms with Crippen molar-refractivity contribution in [3.05, 3.63) is 52.5 Å². The van der Waals surface area contributed by atoms with Crippen molar-refractivity contribution in [2.75, 3.05) is 13.1 Å². The fourth-order valence-electron chi connectivity index (χ4n) is 5.06. The second kappa shape index (κ2) is 11.3. The molecule has 0 aromatic carbocycles. The Hall–Kier alpha value is -2.78. The number of hydrogen-bond donors (Lipinski definition) is 2. The van der Waals surface area contributed by atoms with Crippen LogP contribution >= 0.6 is 11.3 Å². The zero-order valence-corrected chi connectivity index (χ0v) is 21.2. The molecule has 35 heavy (non-hydrogen) atoms. The molecule has 9 heteroatoms. The Bertz CT molecular complexity index is 1010. The molecule has 3 amide bonds. The van der Waals surface area contributed by atoms with Gasteiger partial charge in [-0.2, -0.15) is 0 Å². The van der Waals surface area contributed by atoms with Gasteiger partial charge in [0.25, 0.3) is 11.8 Å². The monoisotopic (exact) mass is 497 g/mol. The van der Waals surface area contributed by atoms with Gasteiger partial charge in [-0.3, -0.25) is 19.4 Å². The highest BCUT2D eigenvalue weighted by Crippen LogP contribution is 2.28. The van der Waals surface area contributed by atoms with Crippen molar-refractivity contribution in [2.24, 2.45) is 11.7 Å². The van der Waals surface area contributed by atoms with Crippen LogP contribution in [0.25, 0.3) is 0 Å². The Balaban J connectivity index is 1.57. The van der Waals surface area contributed by atoms with E-state index in [0.717, 1.165) is 25.7 Å². The smallest absolute Gasteiger partial charge is 0.264 e. The van der Waals surface area contributed by atoms with Crippen LogP contribution in [0.15, 0.2) is 42.0 Å². The Morgan fingerprint density at radius 3 is 2.60 bits per heavy atom. The van der Waals surface area contributed by atoms with Crippen molar-refractivity contribution in [1.29, 1.82) is 0 Å². The van der Waals surface area contributed by atoms with Gasteiger partial charge in [0.15, 0.2) is 0 Å². The van der Waals surface area contributed by atoms with Crippen LogP contribution in [0.2, 0.25) is 0 Å². The first-order valence-corrected chi connectivity index (χ1v) is 13.3. The van der Waals surface area contributed by atoms with Gasteiger partial charge in [0.05, 0.1) is 16.5 Å². The van der Waals surface area contributed by atoms with E-state index in [-0.39, 0.29) is 41.8 Å². The number of thiophene rings is 1. The lowest BCUT2D eigenvalue weighted by Gasteiger charge is -2.30. The van der Waals surface area contributed by atoms with Crippen LogP contribution in [-0.2, 0) is 4.79 Å². The molecule has 2 unspecified atom stereocenters. The van der Waals surface area contributed by atoms with Gasteiger partial charge in [0.1, 0.15) is 6.04 Å². The second-order valence-corrected chi connectivity index (χ2v) is 11.0. The van der Waals surface area contributed by atoms with E-state index in [2.05, 4.69) is 24.1 Å². The molecule has 0 radical (unpaired) electrons. The Kier molecular flexibility index (Phi) is 8.18. The van der Waals surface area contributed by atoms with Gasteiger partial charge in [0, 0.05) is 37.6 Å². The predicted octanol–water partition coefficient (Wildman–Crippen LogP) is 2.91. The van der Waals surface area contributed by atoms with Gasteiger partial charge in [-0.15, -0.1) is 11.3 Å². The highest BCUT2D eigenvalue weighted by Gasteiger charge is 2.44. The summed E-state index contributed by atoms with van der Waals surface area (Å²) in [5.41, 5.74) is 6.47. The first kappa shape index (κ1) is 25.3. The molecular formula is C26H35N5O3S. The molecule has 8 nitrogen and oxygen atoms in total. The third-order valence-electron chi connectivity index (χ3n) is 6.86. The number of hydrogen-bond acceptors (Lipinski definition) is 6. The zero-order chi connectivity index (χ0) is 24.9. The van der Waals surface area contributed by atoms with Gasteiger partial charge in [-0.1, -0.05) is 19.9 Å². The number of amides is 3. The fraction of sp³-hybridized carbons (Fsp3) is 0.538. The minimum Gasteiger partial charge on any atom is -0.352 e. The predicted molar refractivity (Wildman–Crippen MR) is 136 cm³/mol. The molecule has 3 heterocycles. The maximum absolute atomic E-state index is 13.5. The zero-order valence-electron chi connectivity index (χ0n) is 20.4. The molecule has 2 aliphatic rings. The summed E-state index contributed by atoms with van der Waals surface area (Å²) in [5.74, 6) is -0.187. The van der Waals surface area contributed by atoms with Crippen molar-refractivity contribution in [2.45, 2.75) is 70.1 Å². The van der Waals surface area contributed by atoms with Crippen LogP contribution in [0.1, 0.15) is 66.0 Å². The Labute approximate surface area is 210 Å². The summed E-state index contributed by atoms with van der Waals surface area (Å²) in [6.45, 7) is 5.01. The van der Waals surface area contributed by atoms with E-state index in [1.165, 1.54) is 17.5 Å². The molecule has 2 aromatic heterocycles. The van der Waals surface area contributed by atoms with Gasteiger partial charge >= 0.3 is 0 Å². The minimum absolute atomic E-state index is 0.0465. The molecule has 1 saturated heterocycles. The van der Waals surface area contributed by atoms with Crippen molar-refractivity contribution in [3.8, 4) is 0 Å². The SMILES string of the molecule is CC(C)CN(C(=O)c1cccs1)C1CC(C(=O)NC2CCC(N)CC2)N(C(=O)c2cccnc2)C1. The summed E-state index contributed by atoms with van der Waals surface area (Å²) in [4.78, 5) is 48.6. The molecule has 0 bridgehead atoms. The van der Waals surface area contributed by atoms with E-state index in [9.17, 15) is 14.4 Å². The topological polar surface area (TPSA) is 109 Å². The highest BCUT2D eigenvalue weighted by atomic mass is 32.1. The summed E-state index contributed by atoms with van der Waals surface area (Å²) in [6.07, 6.45) is 7.00. The standard InChI is InChI=1S/C26H35N5O3S/c1-17(2)15-30(26(34)23-6-4-12-35-23)21-13-22(24(32)29-20-9-7-19(27)8-10-20)31(16-21)25(33)18-5-3-11-28-14-18/h3-6,11-12,14,17,19-22H,7-10,13,15-16,27H2,1-2H3,(H,29,32). The van der Waals surface area contributed by atoms with Crippen LogP contribution in [0.5, 0.6) is 0 Å². The van der Waals surface area contributed by atoms with Gasteiger partial charge in [-0.05, 0) is 61.6 Å². The third-order valence-corrected chi connectivity index (χ3v) is 7.72. The van der Waals surface area contributed by atoms with E-state index in [0.29, 0.717) is 30.0 Å². The van der Waals surface area contributed by atoms with E-state index < -0.39 is 6.04 Å². The van der Waals surface area contributed by atoms with Crippen LogP contribution in [-0.4, -0.2) is 69.8 Å². The average molecular weight is 498 g/mol. The van der Waals surface area contributed by atoms with Gasteiger partial charge in [-0.25, -0.2) is 0 Å². The summed E-state index contributed by atoms with van der Waals surface area (Å²) < 4.78 is 0. The lowest BCUT2D eigenvalue weighted by Crippen LogP contribution is -2.50. The Morgan fingerprint density at radius 1 is 1.20 bits per heavy atom. The molecule has 1 saturated carbocycles. The lowest BCUT2D eigenvalue weighted by atomic mass is 9.91. The molecule has 3 N–H and O–H groups in total. The van der Waals surface area contributed by atoms with Crippen LogP contribution in [0, 0.1) is 5.92 Å². The average Bonchev–Trinajstić information content (AvgIpc) is 3.54. The van der Waals surface area contributed by atoms with Crippen molar-refractivity contribution in [3.63, 3.8) is 0 Å². The first-order chi connectivity index (χ1) is 16.8. The quantitative estimate of drug-likeness (QED) is 0.611. The summed E-state index contributed by atoms with van der Waals surface area (Å²) in [7, 11) is 0. The number of nitrogens with one attached hydrogen (secondary N) is 1. The first-order valence-electron chi connectivity index (χ1n) is 12.4. The van der Waals surface area contributed by atoms with Crippen molar-refractivity contribution >= 4 is 29.1 Å². The van der Waals surface area contributed by atoms with E-state index in [4.69, 9.17) is 5.73 Å². The highest BCUT2D eigenvalue weighted by molar-refractivity contribution is 7.12. The number of rotatable bonds is 7. The molecule has 2 atom stereocenters. The second-order valence-electron chi connectivity index (χ2n) is 10.1. The molecule has 1 aliphatic carbocycles. The molecular weight excluding hydrogens is 462 g/mol. The molecule has 4 rings (SSSR count). The summed E-state index contributed by atoms with van der Waals surface area (Å²) >= 11 is 1.41. The maximum Gasteiger partial charge on any atom is 0.264 e. The number of carbonyl (C=O) groups excluding carboxylic acids is 3. The fourth-order valence-corrected chi connectivity index (χ4v) is 5.74. The van der Waals surface area contributed by atoms with Gasteiger partial charge in [0.2, 0.25) is 5.91 Å². The normalized spacial score (nSPS) is 24.4. The van der Waals surface area contributed by atoms with Crippen molar-refractivity contribution < 1.29 is 14.4 Å². The van der Waals surface area contributed by atoms with Crippen LogP contribution in [0.3, 0.4) is 0 Å². The summed E-state index contributed by atoms with van der Waals surface area (Å²) in [6, 6.07) is 6.48. The van der Waals surface area contributed by atoms with E-state index in [1.54, 1.807) is 23.2 Å². The number of pyridine rings is 1. The number of aromatic nitrogens is 1. The number of nitrogens with zero attached hydrogens (tertiary/aromatic N) is 3. The van der Waals surface area contributed by atoms with Crippen LogP contribution < -0.4 is 11.1 Å². The van der Waals surface area contributed by atoms with Gasteiger partial charge < -0.3 is 20.9 Å². The van der Waals surface area contributed by atoms with Crippen molar-refractivity contribution in [1.82, 2.24) is 20.1 Å². The minimum atomic E-state index is -0.644. The Morgan fingerprint density at radius 2 is 1.97 bits per heavy atom. The number of carbonyl (C=O) groups is 3. The summed E-state index contributed by atoms with van der Waals surface area (Å²) in [5, 5.41) is 5.06. The number of likely N-dealkylation sites (tertiary alicyclic amines) is 1. The van der Waals surface area contributed by atoms with E-state index in [1.807, 2.05) is 22.4 Å². The largest absolute Gasteiger partial charge is 0.352 e. The molecule has 0 spiro atoms. The molecule has 2 fully saturated rings. The number of nitrogens with two attached hydrogens (primary N) is 1. The molecule has 2 aromatic rings. The third kappa shape index (κ3) is 6.08. The lowest BCUT2D eigenvalue weighted by molar-refractivity contribution is -0.125. The van der Waals surface area contributed by atoms with E-state index >= 15 is 0 Å². The maximum atomic E-state index is 13.5.